The molecule has 1 N–H and O–H groups in total. The highest BCUT2D eigenvalue weighted by Gasteiger charge is 2.24. The molecule has 1 aliphatic carbocycles. The summed E-state index contributed by atoms with van der Waals surface area (Å²) in [6.07, 6.45) is 6.47. The van der Waals surface area contributed by atoms with Crippen LogP contribution in [0, 0.1) is 0 Å². The first-order valence-corrected chi connectivity index (χ1v) is 4.07. The number of rotatable bonds is 2. The zero-order chi connectivity index (χ0) is 9.19. The average Bonchev–Trinajstić information content (AvgIpc) is 2.05. The number of allylic oxidation sites excluding steroid dienone is 2. The summed E-state index contributed by atoms with van der Waals surface area (Å²) in [4.78, 5) is 11.2. The van der Waals surface area contributed by atoms with Gasteiger partial charge >= 0.3 is 0 Å². The van der Waals surface area contributed by atoms with Crippen LogP contribution in [-0.4, -0.2) is 21.9 Å². The van der Waals surface area contributed by atoms with Gasteiger partial charge in [0.2, 0.25) is 0 Å². The Morgan fingerprint density at radius 3 is 2.92 bits per heavy atom. The molecule has 0 radical (unpaired) electrons. The smallest absolute Gasteiger partial charge is 0.155 e. The lowest BCUT2D eigenvalue weighted by atomic mass is 9.93. The Morgan fingerprint density at radius 2 is 2.42 bits per heavy atom. The maximum Gasteiger partial charge on any atom is 0.155 e. The van der Waals surface area contributed by atoms with E-state index in [0.29, 0.717) is 18.3 Å². The van der Waals surface area contributed by atoms with Crippen molar-refractivity contribution in [3.05, 3.63) is 23.8 Å². The van der Waals surface area contributed by atoms with Gasteiger partial charge < -0.3 is 5.11 Å². The van der Waals surface area contributed by atoms with Crippen LogP contribution in [0.1, 0.15) is 13.3 Å². The van der Waals surface area contributed by atoms with Gasteiger partial charge in [0.05, 0.1) is 0 Å². The molecule has 1 aliphatic rings. The number of aliphatic hydroxyl groups is 1. The Labute approximate surface area is 76.6 Å². The highest BCUT2D eigenvalue weighted by Crippen LogP contribution is 2.19. The van der Waals surface area contributed by atoms with Gasteiger partial charge in [0, 0.05) is 11.3 Å². The first-order chi connectivity index (χ1) is 5.56. The normalized spacial score (nSPS) is 21.5. The molecular formula is C9H10O2S. The summed E-state index contributed by atoms with van der Waals surface area (Å²) in [5, 5.41) is 9.52. The van der Waals surface area contributed by atoms with Crippen LogP contribution in [-0.2, 0) is 4.79 Å². The lowest BCUT2D eigenvalue weighted by Gasteiger charge is -2.19. The number of aldehydes is 1. The molecule has 12 heavy (non-hydrogen) atoms. The zero-order valence-corrected chi connectivity index (χ0v) is 7.60. The van der Waals surface area contributed by atoms with Gasteiger partial charge in [-0.15, -0.1) is 0 Å². The monoisotopic (exact) mass is 182 g/mol. The molecule has 0 aromatic carbocycles. The quantitative estimate of drug-likeness (QED) is 0.515. The van der Waals surface area contributed by atoms with Crippen LogP contribution in [0.25, 0.3) is 0 Å². The van der Waals surface area contributed by atoms with Crippen LogP contribution in [0.3, 0.4) is 0 Å². The molecule has 3 heteroatoms. The Morgan fingerprint density at radius 1 is 1.75 bits per heavy atom. The van der Waals surface area contributed by atoms with E-state index in [1.807, 2.05) is 6.08 Å². The second kappa shape index (κ2) is 3.29. The maximum absolute atomic E-state index is 10.5. The third kappa shape index (κ3) is 1.87. The third-order valence-electron chi connectivity index (χ3n) is 1.75. The highest BCUT2D eigenvalue weighted by molar-refractivity contribution is 7.80. The Kier molecular flexibility index (Phi) is 2.55. The molecule has 0 bridgehead atoms. The molecule has 2 nitrogen and oxygen atoms in total. The fourth-order valence-electron chi connectivity index (χ4n) is 0.965. The van der Waals surface area contributed by atoms with Gasteiger partial charge in [0.15, 0.2) is 6.29 Å². The SMILES string of the molecule is CC(O)(C=O)C1=CC(=S)CC=C1. The van der Waals surface area contributed by atoms with Gasteiger partial charge in [-0.2, -0.15) is 0 Å². The minimum Gasteiger partial charge on any atom is -0.378 e. The lowest BCUT2D eigenvalue weighted by molar-refractivity contribution is -0.119. The average molecular weight is 182 g/mol. The molecule has 0 fully saturated rings. The van der Waals surface area contributed by atoms with Crippen molar-refractivity contribution in [2.24, 2.45) is 0 Å². The number of hydrogen-bond acceptors (Lipinski definition) is 3. The topological polar surface area (TPSA) is 37.3 Å². The van der Waals surface area contributed by atoms with E-state index in [2.05, 4.69) is 0 Å². The number of carbonyl (C=O) groups is 1. The predicted octanol–water partition coefficient (Wildman–Crippen LogP) is 1.19. The molecule has 0 saturated carbocycles. The fourth-order valence-corrected chi connectivity index (χ4v) is 1.19. The van der Waals surface area contributed by atoms with Crippen molar-refractivity contribution in [3.63, 3.8) is 0 Å². The first kappa shape index (κ1) is 9.29. The number of thiocarbonyl (C=S) groups is 1. The van der Waals surface area contributed by atoms with Crippen molar-refractivity contribution in [2.75, 3.05) is 0 Å². The Bertz CT molecular complexity index is 274. The molecule has 0 spiro atoms. The molecule has 0 aromatic heterocycles. The van der Waals surface area contributed by atoms with Crippen molar-refractivity contribution in [2.45, 2.75) is 18.9 Å². The second-order valence-electron chi connectivity index (χ2n) is 2.94. The molecule has 1 unspecified atom stereocenters. The minimum atomic E-state index is -1.40. The van der Waals surface area contributed by atoms with Crippen LogP contribution in [0.4, 0.5) is 0 Å². The second-order valence-corrected chi connectivity index (χ2v) is 3.46. The van der Waals surface area contributed by atoms with E-state index >= 15 is 0 Å². The van der Waals surface area contributed by atoms with E-state index < -0.39 is 5.60 Å². The lowest BCUT2D eigenvalue weighted by Crippen LogP contribution is -2.29. The molecule has 0 heterocycles. The van der Waals surface area contributed by atoms with Crippen LogP contribution in [0.15, 0.2) is 23.8 Å². The Hall–Kier alpha value is -0.800. The molecule has 1 atom stereocenters. The molecule has 0 amide bonds. The van der Waals surface area contributed by atoms with Crippen LogP contribution in [0.5, 0.6) is 0 Å². The first-order valence-electron chi connectivity index (χ1n) is 3.66. The van der Waals surface area contributed by atoms with Crippen molar-refractivity contribution in [3.8, 4) is 0 Å². The molecule has 0 aliphatic heterocycles. The minimum absolute atomic E-state index is 0.511. The summed E-state index contributed by atoms with van der Waals surface area (Å²) in [5.41, 5.74) is -0.838. The number of carbonyl (C=O) groups excluding carboxylic acids is 1. The molecule has 0 saturated heterocycles. The summed E-state index contributed by atoms with van der Waals surface area (Å²) in [6.45, 7) is 1.45. The number of hydrogen-bond donors (Lipinski definition) is 1. The summed E-state index contributed by atoms with van der Waals surface area (Å²) >= 11 is 4.94. The van der Waals surface area contributed by atoms with Crippen LogP contribution < -0.4 is 0 Å². The zero-order valence-electron chi connectivity index (χ0n) is 6.78. The van der Waals surface area contributed by atoms with Gasteiger partial charge in [-0.05, 0) is 18.6 Å². The van der Waals surface area contributed by atoms with Gasteiger partial charge in [0.25, 0.3) is 0 Å². The van der Waals surface area contributed by atoms with Gasteiger partial charge in [0.1, 0.15) is 5.60 Å². The fraction of sp³-hybridized carbons (Fsp3) is 0.333. The molecule has 0 aromatic rings. The van der Waals surface area contributed by atoms with Crippen LogP contribution >= 0.6 is 12.2 Å². The summed E-state index contributed by atoms with van der Waals surface area (Å²) in [7, 11) is 0. The van der Waals surface area contributed by atoms with E-state index in [4.69, 9.17) is 12.2 Å². The molecular weight excluding hydrogens is 172 g/mol. The van der Waals surface area contributed by atoms with Crippen molar-refractivity contribution in [1.29, 1.82) is 0 Å². The summed E-state index contributed by atoms with van der Waals surface area (Å²) < 4.78 is 0. The van der Waals surface area contributed by atoms with Crippen LogP contribution in [0.2, 0.25) is 0 Å². The van der Waals surface area contributed by atoms with E-state index in [1.54, 1.807) is 12.2 Å². The largest absolute Gasteiger partial charge is 0.378 e. The van der Waals surface area contributed by atoms with E-state index in [0.717, 1.165) is 4.86 Å². The summed E-state index contributed by atoms with van der Waals surface area (Å²) in [6, 6.07) is 0. The van der Waals surface area contributed by atoms with Crippen molar-refractivity contribution in [1.82, 2.24) is 0 Å². The maximum atomic E-state index is 10.5. The molecule has 1 rings (SSSR count). The van der Waals surface area contributed by atoms with E-state index in [-0.39, 0.29) is 0 Å². The van der Waals surface area contributed by atoms with Gasteiger partial charge in [-0.3, -0.25) is 4.79 Å². The van der Waals surface area contributed by atoms with E-state index in [1.165, 1.54) is 6.92 Å². The van der Waals surface area contributed by atoms with Crippen molar-refractivity contribution >= 4 is 23.4 Å². The predicted molar refractivity (Wildman–Crippen MR) is 51.1 cm³/mol. The Balaban J connectivity index is 2.95. The van der Waals surface area contributed by atoms with Crippen molar-refractivity contribution < 1.29 is 9.90 Å². The van der Waals surface area contributed by atoms with E-state index in [9.17, 15) is 9.90 Å². The van der Waals surface area contributed by atoms with Gasteiger partial charge in [-0.25, -0.2) is 0 Å². The molecule has 64 valence electrons. The third-order valence-corrected chi connectivity index (χ3v) is 2.03. The standard InChI is InChI=1S/C9H10O2S/c1-9(11,6-10)7-3-2-4-8(12)5-7/h2-3,5-6,11H,4H2,1H3. The van der Waals surface area contributed by atoms with Gasteiger partial charge in [-0.1, -0.05) is 24.4 Å². The highest BCUT2D eigenvalue weighted by atomic mass is 32.1. The summed E-state index contributed by atoms with van der Waals surface area (Å²) in [5.74, 6) is 0.